The molecule has 0 aromatic rings. The number of carboxylic acids is 1. The van der Waals surface area contributed by atoms with Crippen LogP contribution in [0.25, 0.3) is 0 Å². The van der Waals surface area contributed by atoms with Gasteiger partial charge in [-0.2, -0.15) is 0 Å². The van der Waals surface area contributed by atoms with E-state index in [-0.39, 0.29) is 32.2 Å². The van der Waals surface area contributed by atoms with Crippen LogP contribution < -0.4 is 5.11 Å². The molecule has 420 valence electrons. The number of nitrogens with zero attached hydrogens (tertiary/aromatic N) is 1. The number of carbonyl (C=O) groups excluding carboxylic acids is 3. The van der Waals surface area contributed by atoms with E-state index < -0.39 is 24.3 Å². The highest BCUT2D eigenvalue weighted by Gasteiger charge is 2.22. The molecule has 0 aliphatic heterocycles. The van der Waals surface area contributed by atoms with E-state index in [0.717, 1.165) is 38.5 Å². The van der Waals surface area contributed by atoms with E-state index in [4.69, 9.17) is 18.9 Å². The molecule has 0 bridgehead atoms. The summed E-state index contributed by atoms with van der Waals surface area (Å²) in [6.45, 7) is 4.81. The van der Waals surface area contributed by atoms with Crippen molar-refractivity contribution in [3.63, 3.8) is 0 Å². The zero-order chi connectivity index (χ0) is 52.0. The minimum absolute atomic E-state index is 0.152. The van der Waals surface area contributed by atoms with Gasteiger partial charge in [0.05, 0.1) is 40.3 Å². The quantitative estimate of drug-likeness (QED) is 0.0195. The number of likely N-dealkylation sites (N-methyl/N-ethyl adjacent to an activating group) is 1. The standard InChI is InChI=1S/C62H119NO8/c1-6-8-10-12-14-16-18-20-22-24-26-28-29-30-31-33-35-37-39-41-43-45-47-49-51-53-60(65)71-58(57-70-62(61(66)67)68-55-54-63(3,4)5)56-69-59(64)52-50-48-46-44-42-40-38-36-34-32-27-25-23-21-19-17-15-13-11-9-7-2/h24,26,58,62H,6-23,25,27-57H2,1-5H3/b26-24-. The molecule has 0 aromatic carbocycles. The van der Waals surface area contributed by atoms with Crippen molar-refractivity contribution >= 4 is 17.9 Å². The molecule has 2 unspecified atom stereocenters. The lowest BCUT2D eigenvalue weighted by molar-refractivity contribution is -0.870. The summed E-state index contributed by atoms with van der Waals surface area (Å²) in [5.74, 6) is -2.25. The van der Waals surface area contributed by atoms with E-state index in [2.05, 4.69) is 26.0 Å². The van der Waals surface area contributed by atoms with Gasteiger partial charge in [-0.15, -0.1) is 0 Å². The SMILES string of the molecule is CCCCCCCCCC/C=C\CCCCCCCCCCCCCCCC(=O)OC(COC(=O)CCCCCCCCCCCCCCCCCCCCCCC)COC(OCC[N+](C)(C)C)C(=O)[O-]. The lowest BCUT2D eigenvalue weighted by Crippen LogP contribution is -2.44. The van der Waals surface area contributed by atoms with E-state index >= 15 is 0 Å². The van der Waals surface area contributed by atoms with Crippen molar-refractivity contribution in [1.29, 1.82) is 0 Å². The van der Waals surface area contributed by atoms with Crippen molar-refractivity contribution in [3.05, 3.63) is 12.2 Å². The summed E-state index contributed by atoms with van der Waals surface area (Å²) in [4.78, 5) is 37.3. The van der Waals surface area contributed by atoms with Crippen LogP contribution in [0.2, 0.25) is 0 Å². The van der Waals surface area contributed by atoms with Crippen molar-refractivity contribution in [2.24, 2.45) is 0 Å². The zero-order valence-corrected chi connectivity index (χ0v) is 47.9. The summed E-state index contributed by atoms with van der Waals surface area (Å²) in [6.07, 6.45) is 59.8. The lowest BCUT2D eigenvalue weighted by Gasteiger charge is -2.26. The molecule has 0 heterocycles. The number of carboxylic acid groups (broad SMARTS) is 1. The van der Waals surface area contributed by atoms with Crippen molar-refractivity contribution in [2.75, 3.05) is 47.5 Å². The summed E-state index contributed by atoms with van der Waals surface area (Å²) in [5, 5.41) is 11.8. The Hall–Kier alpha value is -1.97. The highest BCUT2D eigenvalue weighted by Crippen LogP contribution is 2.18. The first-order valence-corrected chi connectivity index (χ1v) is 30.8. The number of quaternary nitrogens is 1. The predicted octanol–water partition coefficient (Wildman–Crippen LogP) is 16.8. The minimum Gasteiger partial charge on any atom is -0.545 e. The van der Waals surface area contributed by atoms with Gasteiger partial charge in [-0.1, -0.05) is 270 Å². The molecule has 0 aliphatic rings. The fourth-order valence-electron chi connectivity index (χ4n) is 9.24. The third-order valence-corrected chi connectivity index (χ3v) is 14.0. The van der Waals surface area contributed by atoms with Crippen LogP contribution in [0.3, 0.4) is 0 Å². The first kappa shape index (κ1) is 69.0. The second-order valence-corrected chi connectivity index (χ2v) is 22.4. The summed E-state index contributed by atoms with van der Waals surface area (Å²) in [5.41, 5.74) is 0. The van der Waals surface area contributed by atoms with Gasteiger partial charge in [0, 0.05) is 12.8 Å². The Balaban J connectivity index is 4.16. The minimum atomic E-state index is -1.62. The first-order chi connectivity index (χ1) is 34.6. The van der Waals surface area contributed by atoms with Crippen LogP contribution in [0, 0.1) is 0 Å². The third-order valence-electron chi connectivity index (χ3n) is 14.0. The van der Waals surface area contributed by atoms with Crippen LogP contribution in [0.4, 0.5) is 0 Å². The van der Waals surface area contributed by atoms with E-state index in [9.17, 15) is 19.5 Å². The van der Waals surface area contributed by atoms with Gasteiger partial charge in [-0.3, -0.25) is 9.59 Å². The predicted molar refractivity (Wildman–Crippen MR) is 297 cm³/mol. The van der Waals surface area contributed by atoms with Gasteiger partial charge in [0.15, 0.2) is 12.4 Å². The van der Waals surface area contributed by atoms with Gasteiger partial charge in [-0.05, 0) is 38.5 Å². The maximum Gasteiger partial charge on any atom is 0.306 e. The summed E-state index contributed by atoms with van der Waals surface area (Å²) in [7, 11) is 5.94. The highest BCUT2D eigenvalue weighted by atomic mass is 16.7. The largest absolute Gasteiger partial charge is 0.545 e. The molecule has 0 radical (unpaired) electrons. The molecule has 0 rings (SSSR count). The summed E-state index contributed by atoms with van der Waals surface area (Å²) < 4.78 is 22.8. The number of hydrogen-bond donors (Lipinski definition) is 0. The Kier molecular flexibility index (Phi) is 52.8. The van der Waals surface area contributed by atoms with Crippen molar-refractivity contribution in [3.8, 4) is 0 Å². The molecule has 0 aromatic heterocycles. The second-order valence-electron chi connectivity index (χ2n) is 22.4. The van der Waals surface area contributed by atoms with E-state index in [1.807, 2.05) is 21.1 Å². The number of rotatable bonds is 58. The second kappa shape index (κ2) is 54.3. The molecule has 0 fully saturated rings. The van der Waals surface area contributed by atoms with Crippen LogP contribution in [0.5, 0.6) is 0 Å². The summed E-state index contributed by atoms with van der Waals surface area (Å²) >= 11 is 0. The molecule has 9 nitrogen and oxygen atoms in total. The van der Waals surface area contributed by atoms with Crippen molar-refractivity contribution < 1.29 is 42.9 Å². The van der Waals surface area contributed by atoms with Crippen molar-refractivity contribution in [1.82, 2.24) is 0 Å². The number of allylic oxidation sites excluding steroid dienone is 2. The number of esters is 2. The molecular formula is C62H119NO8. The van der Waals surface area contributed by atoms with Crippen LogP contribution in [0.1, 0.15) is 309 Å². The van der Waals surface area contributed by atoms with Gasteiger partial charge in [-0.25, -0.2) is 0 Å². The van der Waals surface area contributed by atoms with Gasteiger partial charge >= 0.3 is 11.9 Å². The average molecular weight is 1010 g/mol. The monoisotopic (exact) mass is 1010 g/mol. The fourth-order valence-corrected chi connectivity index (χ4v) is 9.24. The number of ether oxygens (including phenoxy) is 4. The molecule has 0 saturated carbocycles. The molecule has 0 amide bonds. The molecule has 0 aliphatic carbocycles. The molecular weight excluding hydrogens is 887 g/mol. The first-order valence-electron chi connectivity index (χ1n) is 30.8. The molecule has 0 N–H and O–H groups in total. The smallest absolute Gasteiger partial charge is 0.306 e. The Labute approximate surface area is 440 Å². The molecule has 2 atom stereocenters. The average Bonchev–Trinajstić information content (AvgIpc) is 3.34. The van der Waals surface area contributed by atoms with Crippen LogP contribution in [-0.2, 0) is 33.3 Å². The molecule has 0 spiro atoms. The Bertz CT molecular complexity index is 1170. The third kappa shape index (κ3) is 55.6. The fraction of sp³-hybridized carbons (Fsp3) is 0.919. The van der Waals surface area contributed by atoms with Crippen LogP contribution in [0.15, 0.2) is 12.2 Å². The number of unbranched alkanes of at least 4 members (excludes halogenated alkanes) is 41. The van der Waals surface area contributed by atoms with Crippen LogP contribution >= 0.6 is 0 Å². The zero-order valence-electron chi connectivity index (χ0n) is 47.9. The van der Waals surface area contributed by atoms with Gasteiger partial charge in [0.1, 0.15) is 13.2 Å². The molecule has 71 heavy (non-hydrogen) atoms. The lowest BCUT2D eigenvalue weighted by atomic mass is 10.0. The van der Waals surface area contributed by atoms with E-state index in [1.165, 1.54) is 244 Å². The maximum absolute atomic E-state index is 12.9. The Morgan fingerprint density at radius 3 is 1.04 bits per heavy atom. The molecule has 9 heteroatoms. The van der Waals surface area contributed by atoms with E-state index in [0.29, 0.717) is 17.4 Å². The maximum atomic E-state index is 12.9. The Morgan fingerprint density at radius 1 is 0.408 bits per heavy atom. The number of carbonyl (C=O) groups is 3. The van der Waals surface area contributed by atoms with Gasteiger partial charge in [0.2, 0.25) is 0 Å². The van der Waals surface area contributed by atoms with Gasteiger partial charge in [0.25, 0.3) is 0 Å². The number of hydrogen-bond acceptors (Lipinski definition) is 8. The summed E-state index contributed by atoms with van der Waals surface area (Å²) in [6, 6.07) is 0. The van der Waals surface area contributed by atoms with Crippen LogP contribution in [-0.4, -0.2) is 82.3 Å². The normalized spacial score (nSPS) is 12.7. The topological polar surface area (TPSA) is 111 Å². The number of aliphatic carboxylic acids is 1. The Morgan fingerprint density at radius 2 is 0.718 bits per heavy atom. The van der Waals surface area contributed by atoms with E-state index in [1.54, 1.807) is 0 Å². The highest BCUT2D eigenvalue weighted by molar-refractivity contribution is 5.70. The van der Waals surface area contributed by atoms with Gasteiger partial charge < -0.3 is 33.3 Å². The van der Waals surface area contributed by atoms with Crippen molar-refractivity contribution in [2.45, 2.75) is 322 Å². The molecule has 0 saturated heterocycles.